The van der Waals surface area contributed by atoms with Gasteiger partial charge < -0.3 is 49.5 Å². The van der Waals surface area contributed by atoms with Crippen LogP contribution in [-0.4, -0.2) is 112 Å². The largest absolute Gasteiger partial charge is 0.493 e. The van der Waals surface area contributed by atoms with E-state index in [1.807, 2.05) is 30.0 Å². The van der Waals surface area contributed by atoms with Gasteiger partial charge >= 0.3 is 0 Å². The minimum absolute atomic E-state index is 0. The Morgan fingerprint density at radius 3 is 2.10 bits per heavy atom. The van der Waals surface area contributed by atoms with Crippen LogP contribution < -0.4 is 19.1 Å². The molecule has 2 atom stereocenters. The van der Waals surface area contributed by atoms with E-state index >= 15 is 0 Å². The first-order chi connectivity index (χ1) is 28.5. The van der Waals surface area contributed by atoms with Gasteiger partial charge in [0.25, 0.3) is 11.8 Å². The van der Waals surface area contributed by atoms with Crippen LogP contribution in [0.3, 0.4) is 0 Å². The van der Waals surface area contributed by atoms with Gasteiger partial charge in [-0.15, -0.1) is 0 Å². The zero-order valence-corrected chi connectivity index (χ0v) is 39.9. The monoisotopic (exact) mass is 949 g/mol. The van der Waals surface area contributed by atoms with E-state index in [4.69, 9.17) is 41.0 Å². The second-order valence-corrected chi connectivity index (χ2v) is 18.2. The number of carbonyl (C=O) groups excluding carboxylic acids is 2. The maximum Gasteiger partial charge on any atom is 0.254 e. The van der Waals surface area contributed by atoms with Gasteiger partial charge in [0.05, 0.1) is 40.1 Å². The molecule has 1 radical (unpaired) electrons. The Labute approximate surface area is 402 Å². The molecule has 62 heavy (non-hydrogen) atoms. The molecule has 2 saturated heterocycles. The van der Waals surface area contributed by atoms with Gasteiger partial charge in [-0.3, -0.25) is 9.59 Å². The number of thiol groups is 1. The molecule has 0 aromatic heterocycles. The summed E-state index contributed by atoms with van der Waals surface area (Å²) < 4.78 is 35.4. The van der Waals surface area contributed by atoms with Gasteiger partial charge in [0.15, 0.2) is 11.5 Å². The number of rotatable bonds is 19. The molecule has 0 N–H and O–H groups in total. The molecule has 4 heterocycles. The first kappa shape index (κ1) is 51.8. The summed E-state index contributed by atoms with van der Waals surface area (Å²) in [6, 6.07) is 14.9. The number of hydrogen-bond donors (Lipinski definition) is 1. The van der Waals surface area contributed by atoms with Crippen molar-refractivity contribution in [3.8, 4) is 17.2 Å². The van der Waals surface area contributed by atoms with Crippen molar-refractivity contribution in [1.82, 2.24) is 9.80 Å². The molecular weight excluding hydrogens is 880 g/mol. The number of fused-ring (bicyclic) bond motifs is 4. The van der Waals surface area contributed by atoms with E-state index in [0.29, 0.717) is 82.3 Å². The molecule has 7 rings (SSSR count). The second-order valence-electron chi connectivity index (χ2n) is 17.0. The van der Waals surface area contributed by atoms with Crippen LogP contribution in [0, 0.1) is 13.3 Å². The topological polar surface area (TPSA) is 99.2 Å². The number of benzene rings is 3. The SMILES string of the molecule is C.C.COCCOCCOCCN(CC(C)(C)S)c1cc(COc2cc3c(cc2C)C(=O)N2CCC[C@H]2CC3)cc(COc2cc3c(cc2OC)C(=O)N2CCC[C@H]2[CH-]C3)c1.[Y]. The van der Waals surface area contributed by atoms with Crippen molar-refractivity contribution >= 4 is 30.1 Å². The Morgan fingerprint density at radius 2 is 1.39 bits per heavy atom. The van der Waals surface area contributed by atoms with Crippen LogP contribution in [0.2, 0.25) is 0 Å². The minimum Gasteiger partial charge on any atom is -0.493 e. The van der Waals surface area contributed by atoms with Crippen molar-refractivity contribution < 1.29 is 70.7 Å². The van der Waals surface area contributed by atoms with Gasteiger partial charge in [-0.2, -0.15) is 19.0 Å². The third-order valence-electron chi connectivity index (χ3n) is 11.9. The van der Waals surface area contributed by atoms with Crippen LogP contribution >= 0.6 is 12.6 Å². The molecule has 13 heteroatoms. The summed E-state index contributed by atoms with van der Waals surface area (Å²) >= 11 is 4.93. The molecular formula is C49H70N3O8SY-. The van der Waals surface area contributed by atoms with E-state index in [1.165, 1.54) is 0 Å². The summed E-state index contributed by atoms with van der Waals surface area (Å²) in [6.45, 7) is 12.4. The van der Waals surface area contributed by atoms with Crippen LogP contribution in [0.25, 0.3) is 0 Å². The Hall–Kier alpha value is -2.87. The van der Waals surface area contributed by atoms with Crippen molar-refractivity contribution in [1.29, 1.82) is 0 Å². The molecule has 3 aromatic carbocycles. The van der Waals surface area contributed by atoms with Crippen LogP contribution in [0.4, 0.5) is 5.69 Å². The van der Waals surface area contributed by atoms with E-state index in [9.17, 15) is 9.59 Å². The van der Waals surface area contributed by atoms with Gasteiger partial charge in [-0.25, -0.2) is 0 Å². The maximum atomic E-state index is 13.6. The predicted octanol–water partition coefficient (Wildman–Crippen LogP) is 8.54. The molecule has 339 valence electrons. The molecule has 0 bridgehead atoms. The number of hydrogen-bond acceptors (Lipinski definition) is 10. The summed E-state index contributed by atoms with van der Waals surface area (Å²) in [6.07, 6.45) is 9.00. The molecule has 4 aliphatic rings. The van der Waals surface area contributed by atoms with Gasteiger partial charge in [0.2, 0.25) is 0 Å². The van der Waals surface area contributed by atoms with Crippen molar-refractivity contribution in [2.24, 2.45) is 0 Å². The molecule has 2 fully saturated rings. The summed E-state index contributed by atoms with van der Waals surface area (Å²) in [4.78, 5) is 33.4. The number of aryl methyl sites for hydroxylation is 2. The van der Waals surface area contributed by atoms with Gasteiger partial charge in [0, 0.05) is 93.6 Å². The normalized spacial score (nSPS) is 17.9. The molecule has 0 spiro atoms. The first-order valence-electron chi connectivity index (χ1n) is 21.3. The average Bonchev–Trinajstić information content (AvgIpc) is 3.85. The standard InChI is InChI=1S/C47H62N3O8S.2CH4.Y/c1-32-22-40-35(10-12-37-8-6-14-49(37)45(40)51)26-42(32)57-29-33-23-34(25-39(24-33)48(31-47(2,3)59)16-17-55-20-21-56-19-18-53-4)30-58-44-27-36-11-13-38-9-7-15-50(38)46(52)41(36)28-43(44)54-5;;;/h13,22-28,37-38,59H,6-12,14-21,29-31H2,1-5H3;2*1H4;/q-1;;;/t37-,38-;;;/m0.../s1. The van der Waals surface area contributed by atoms with Crippen LogP contribution in [0.5, 0.6) is 17.2 Å². The summed E-state index contributed by atoms with van der Waals surface area (Å²) in [5.41, 5.74) is 7.40. The van der Waals surface area contributed by atoms with Gasteiger partial charge in [0.1, 0.15) is 19.0 Å². The van der Waals surface area contributed by atoms with Crippen LogP contribution in [-0.2, 0) is 73.0 Å². The van der Waals surface area contributed by atoms with E-state index in [2.05, 4.69) is 54.3 Å². The third-order valence-corrected chi connectivity index (χ3v) is 12.0. The zero-order chi connectivity index (χ0) is 41.5. The van der Waals surface area contributed by atoms with E-state index in [1.54, 1.807) is 14.2 Å². The Morgan fingerprint density at radius 1 is 0.758 bits per heavy atom. The van der Waals surface area contributed by atoms with E-state index in [0.717, 1.165) is 96.4 Å². The van der Waals surface area contributed by atoms with Crippen LogP contribution in [0.1, 0.15) is 109 Å². The van der Waals surface area contributed by atoms with Crippen LogP contribution in [0.15, 0.2) is 42.5 Å². The Kier molecular flexibility index (Phi) is 19.9. The molecule has 11 nitrogen and oxygen atoms in total. The van der Waals surface area contributed by atoms with Crippen molar-refractivity contribution in [3.05, 3.63) is 87.8 Å². The minimum atomic E-state index is -0.295. The predicted molar refractivity (Wildman–Crippen MR) is 246 cm³/mol. The first-order valence-corrected chi connectivity index (χ1v) is 21.8. The summed E-state index contributed by atoms with van der Waals surface area (Å²) in [7, 11) is 3.28. The number of carbonyl (C=O) groups is 2. The number of nitrogens with zero attached hydrogens (tertiary/aromatic N) is 3. The van der Waals surface area contributed by atoms with Crippen molar-refractivity contribution in [2.45, 2.75) is 111 Å². The number of ether oxygens (including phenoxy) is 6. The van der Waals surface area contributed by atoms with Crippen molar-refractivity contribution in [3.63, 3.8) is 0 Å². The maximum absolute atomic E-state index is 13.6. The molecule has 0 aliphatic carbocycles. The number of methoxy groups -OCH3 is 2. The fourth-order valence-corrected chi connectivity index (χ4v) is 9.11. The zero-order valence-electron chi connectivity index (χ0n) is 36.1. The fourth-order valence-electron chi connectivity index (χ4n) is 8.94. The van der Waals surface area contributed by atoms with E-state index < -0.39 is 0 Å². The smallest absolute Gasteiger partial charge is 0.254 e. The molecule has 0 unspecified atom stereocenters. The Bertz CT molecular complexity index is 1960. The summed E-state index contributed by atoms with van der Waals surface area (Å²) in [5.74, 6) is 2.14. The quantitative estimate of drug-likeness (QED) is 0.0721. The Balaban J connectivity index is 0.00000282. The molecule has 4 aliphatic heterocycles. The molecule has 0 saturated carbocycles. The number of amides is 2. The third kappa shape index (κ3) is 12.9. The fraction of sp³-hybridized carbons (Fsp3) is 0.571. The van der Waals surface area contributed by atoms with Gasteiger partial charge in [-0.05, 0) is 118 Å². The average molecular weight is 950 g/mol. The van der Waals surface area contributed by atoms with Crippen molar-refractivity contribution in [2.75, 3.05) is 78.3 Å². The van der Waals surface area contributed by atoms with E-state index in [-0.39, 0.29) is 76.8 Å². The summed E-state index contributed by atoms with van der Waals surface area (Å²) in [5, 5.41) is 0. The molecule has 2 amide bonds. The molecule has 3 aromatic rings. The second kappa shape index (κ2) is 23.9. The number of anilines is 1. The van der Waals surface area contributed by atoms with Gasteiger partial charge in [-0.1, -0.05) is 32.9 Å².